The first-order chi connectivity index (χ1) is 9.07. The topological polar surface area (TPSA) is 43.4 Å². The van der Waals surface area contributed by atoms with Crippen molar-refractivity contribution in [3.05, 3.63) is 29.8 Å². The molecule has 0 spiro atoms. The van der Waals surface area contributed by atoms with Crippen LogP contribution in [0.25, 0.3) is 0 Å². The van der Waals surface area contributed by atoms with Gasteiger partial charge in [-0.3, -0.25) is 0 Å². The van der Waals surface area contributed by atoms with Crippen LogP contribution in [0.4, 0.5) is 0 Å². The van der Waals surface area contributed by atoms with Crippen LogP contribution in [0.1, 0.15) is 18.9 Å². The SMILES string of the molecule is CCS(=O)(=O)CCCOc1ccc(C#CCCl)cc1. The Labute approximate surface area is 119 Å². The Balaban J connectivity index is 2.38. The fraction of sp³-hybridized carbons (Fsp3) is 0.429. The number of sulfone groups is 1. The van der Waals surface area contributed by atoms with Crippen molar-refractivity contribution in [2.75, 3.05) is 24.0 Å². The van der Waals surface area contributed by atoms with Crippen molar-refractivity contribution in [3.63, 3.8) is 0 Å². The Morgan fingerprint density at radius 3 is 2.53 bits per heavy atom. The fourth-order valence-electron chi connectivity index (χ4n) is 1.38. The number of rotatable bonds is 6. The van der Waals surface area contributed by atoms with Crippen LogP contribution in [-0.2, 0) is 9.84 Å². The van der Waals surface area contributed by atoms with Crippen molar-refractivity contribution < 1.29 is 13.2 Å². The van der Waals surface area contributed by atoms with E-state index < -0.39 is 9.84 Å². The Hall–Kier alpha value is -1.18. The van der Waals surface area contributed by atoms with E-state index >= 15 is 0 Å². The number of halogens is 1. The number of benzene rings is 1. The molecule has 1 aromatic carbocycles. The van der Waals surface area contributed by atoms with Crippen LogP contribution >= 0.6 is 11.6 Å². The minimum atomic E-state index is -2.90. The van der Waals surface area contributed by atoms with Crippen LogP contribution in [0.5, 0.6) is 5.75 Å². The van der Waals surface area contributed by atoms with Gasteiger partial charge in [0, 0.05) is 11.3 Å². The zero-order valence-electron chi connectivity index (χ0n) is 10.9. The van der Waals surface area contributed by atoms with Crippen molar-refractivity contribution in [1.82, 2.24) is 0 Å². The standard InChI is InChI=1S/C14H17ClO3S/c1-2-19(16,17)12-4-11-18-14-8-6-13(7-9-14)5-3-10-15/h6-9H,2,4,10-12H2,1H3. The quantitative estimate of drug-likeness (QED) is 0.460. The van der Waals surface area contributed by atoms with E-state index in [2.05, 4.69) is 11.8 Å². The minimum absolute atomic E-state index is 0.169. The highest BCUT2D eigenvalue weighted by molar-refractivity contribution is 7.91. The largest absolute Gasteiger partial charge is 0.494 e. The smallest absolute Gasteiger partial charge is 0.150 e. The molecule has 0 heterocycles. The summed E-state index contributed by atoms with van der Waals surface area (Å²) in [5.41, 5.74) is 0.876. The molecule has 0 fully saturated rings. The first kappa shape index (κ1) is 15.9. The lowest BCUT2D eigenvalue weighted by Crippen LogP contribution is -2.11. The monoisotopic (exact) mass is 300 g/mol. The zero-order valence-corrected chi connectivity index (χ0v) is 12.4. The third kappa shape index (κ3) is 6.51. The van der Waals surface area contributed by atoms with Gasteiger partial charge in [0.15, 0.2) is 0 Å². The van der Waals surface area contributed by atoms with Gasteiger partial charge in [-0.25, -0.2) is 8.42 Å². The molecule has 0 aliphatic heterocycles. The van der Waals surface area contributed by atoms with Crippen molar-refractivity contribution in [2.24, 2.45) is 0 Å². The average Bonchev–Trinajstić information content (AvgIpc) is 2.42. The van der Waals surface area contributed by atoms with Gasteiger partial charge in [0.1, 0.15) is 15.6 Å². The van der Waals surface area contributed by atoms with E-state index in [1.165, 1.54) is 0 Å². The molecule has 3 nitrogen and oxygen atoms in total. The van der Waals surface area contributed by atoms with E-state index in [0.29, 0.717) is 24.7 Å². The second-order valence-corrected chi connectivity index (χ2v) is 6.64. The molecule has 0 saturated carbocycles. The lowest BCUT2D eigenvalue weighted by Gasteiger charge is -2.06. The fourth-order valence-corrected chi connectivity index (χ4v) is 2.30. The van der Waals surface area contributed by atoms with Crippen LogP contribution in [0.2, 0.25) is 0 Å². The van der Waals surface area contributed by atoms with Gasteiger partial charge in [-0.1, -0.05) is 18.8 Å². The Morgan fingerprint density at radius 2 is 1.95 bits per heavy atom. The highest BCUT2D eigenvalue weighted by Gasteiger charge is 2.06. The van der Waals surface area contributed by atoms with E-state index in [1.54, 1.807) is 6.92 Å². The van der Waals surface area contributed by atoms with Gasteiger partial charge in [0.2, 0.25) is 0 Å². The molecular formula is C14H17ClO3S. The Morgan fingerprint density at radius 1 is 1.26 bits per heavy atom. The van der Waals surface area contributed by atoms with Gasteiger partial charge in [0.05, 0.1) is 18.2 Å². The van der Waals surface area contributed by atoms with Crippen molar-refractivity contribution >= 4 is 21.4 Å². The van der Waals surface area contributed by atoms with Crippen molar-refractivity contribution in [3.8, 4) is 17.6 Å². The lowest BCUT2D eigenvalue weighted by molar-refractivity contribution is 0.317. The zero-order chi connectivity index (χ0) is 14.1. The molecule has 0 aliphatic rings. The van der Waals surface area contributed by atoms with E-state index in [0.717, 1.165) is 5.56 Å². The molecule has 0 aliphatic carbocycles. The molecule has 1 rings (SSSR count). The summed E-state index contributed by atoms with van der Waals surface area (Å²) in [6, 6.07) is 7.31. The predicted molar refractivity (Wildman–Crippen MR) is 78.5 cm³/mol. The maximum Gasteiger partial charge on any atom is 0.150 e. The molecule has 19 heavy (non-hydrogen) atoms. The summed E-state index contributed by atoms with van der Waals surface area (Å²) in [5.74, 6) is 7.04. The third-order valence-electron chi connectivity index (χ3n) is 2.46. The molecule has 104 valence electrons. The normalized spacial score (nSPS) is 10.6. The van der Waals surface area contributed by atoms with Crippen molar-refractivity contribution in [1.29, 1.82) is 0 Å². The minimum Gasteiger partial charge on any atom is -0.494 e. The molecule has 0 amide bonds. The third-order valence-corrected chi connectivity index (χ3v) is 4.39. The highest BCUT2D eigenvalue weighted by Crippen LogP contribution is 2.12. The Kier molecular flexibility index (Phi) is 6.75. The summed E-state index contributed by atoms with van der Waals surface area (Å²) in [5, 5.41) is 0. The van der Waals surface area contributed by atoms with Gasteiger partial charge in [-0.05, 0) is 30.7 Å². The van der Waals surface area contributed by atoms with Gasteiger partial charge in [-0.2, -0.15) is 0 Å². The predicted octanol–water partition coefficient (Wildman–Crippen LogP) is 2.48. The number of ether oxygens (including phenoxy) is 1. The summed E-state index contributed by atoms with van der Waals surface area (Å²) in [4.78, 5) is 0. The molecule has 0 bridgehead atoms. The summed E-state index contributed by atoms with van der Waals surface area (Å²) in [6.45, 7) is 2.04. The van der Waals surface area contributed by atoms with Gasteiger partial charge in [-0.15, -0.1) is 11.6 Å². The first-order valence-corrected chi connectivity index (χ1v) is 8.41. The van der Waals surface area contributed by atoms with Crippen LogP contribution in [-0.4, -0.2) is 32.4 Å². The van der Waals surface area contributed by atoms with E-state index in [1.807, 2.05) is 24.3 Å². The molecule has 0 aromatic heterocycles. The molecular weight excluding hydrogens is 284 g/mol. The van der Waals surface area contributed by atoms with E-state index in [4.69, 9.17) is 16.3 Å². The van der Waals surface area contributed by atoms with Crippen molar-refractivity contribution in [2.45, 2.75) is 13.3 Å². The van der Waals surface area contributed by atoms with Gasteiger partial charge >= 0.3 is 0 Å². The molecule has 1 aromatic rings. The van der Waals surface area contributed by atoms with E-state index in [9.17, 15) is 8.42 Å². The maximum atomic E-state index is 11.3. The molecule has 0 saturated heterocycles. The number of alkyl halides is 1. The van der Waals surface area contributed by atoms with Crippen LogP contribution in [0.15, 0.2) is 24.3 Å². The van der Waals surface area contributed by atoms with Gasteiger partial charge < -0.3 is 4.74 Å². The van der Waals surface area contributed by atoms with Crippen LogP contribution in [0, 0.1) is 11.8 Å². The van der Waals surface area contributed by atoms with Gasteiger partial charge in [0.25, 0.3) is 0 Å². The summed E-state index contributed by atoms with van der Waals surface area (Å²) in [7, 11) is -2.90. The summed E-state index contributed by atoms with van der Waals surface area (Å²) in [6.07, 6.45) is 0.504. The first-order valence-electron chi connectivity index (χ1n) is 6.05. The van der Waals surface area contributed by atoms with Crippen LogP contribution < -0.4 is 4.74 Å². The molecule has 5 heteroatoms. The lowest BCUT2D eigenvalue weighted by atomic mass is 10.2. The Bertz CT molecular complexity index is 538. The average molecular weight is 301 g/mol. The maximum absolute atomic E-state index is 11.3. The second-order valence-electron chi connectivity index (χ2n) is 3.90. The van der Waals surface area contributed by atoms with E-state index in [-0.39, 0.29) is 11.5 Å². The number of hydrogen-bond donors (Lipinski definition) is 0. The highest BCUT2D eigenvalue weighted by atomic mass is 35.5. The molecule has 0 atom stereocenters. The molecule has 0 radical (unpaired) electrons. The second kappa shape index (κ2) is 8.08. The summed E-state index contributed by atoms with van der Waals surface area (Å²) < 4.78 is 28.0. The summed E-state index contributed by atoms with van der Waals surface area (Å²) >= 11 is 5.47. The number of hydrogen-bond acceptors (Lipinski definition) is 3. The molecule has 0 N–H and O–H groups in total. The molecule has 0 unspecified atom stereocenters. The van der Waals surface area contributed by atoms with Crippen LogP contribution in [0.3, 0.4) is 0 Å².